The Bertz CT molecular complexity index is 379. The Morgan fingerprint density at radius 3 is 2.82 bits per heavy atom. The first-order chi connectivity index (χ1) is 7.95. The fourth-order valence-corrected chi connectivity index (χ4v) is 2.43. The summed E-state index contributed by atoms with van der Waals surface area (Å²) in [6.45, 7) is 2.66. The van der Waals surface area contributed by atoms with Gasteiger partial charge in [-0.25, -0.2) is 0 Å². The first kappa shape index (κ1) is 12.6. The quantitative estimate of drug-likeness (QED) is 0.907. The van der Waals surface area contributed by atoms with Gasteiger partial charge in [0, 0.05) is 24.6 Å². The van der Waals surface area contributed by atoms with Crippen LogP contribution >= 0.6 is 11.5 Å². The Labute approximate surface area is 101 Å². The number of likely N-dealkylation sites (tertiary alicyclic amines) is 1. The predicted octanol–water partition coefficient (Wildman–Crippen LogP) is 1.92. The molecule has 2 heterocycles. The van der Waals surface area contributed by atoms with E-state index in [1.807, 2.05) is 7.05 Å². The molecule has 1 saturated heterocycles. The lowest BCUT2D eigenvalue weighted by Gasteiger charge is -2.10. The van der Waals surface area contributed by atoms with Crippen LogP contribution < -0.4 is 5.32 Å². The van der Waals surface area contributed by atoms with Crippen LogP contribution in [0.4, 0.5) is 18.3 Å². The molecule has 1 atom stereocenters. The van der Waals surface area contributed by atoms with Crippen LogP contribution in [0.1, 0.15) is 12.2 Å². The zero-order valence-corrected chi connectivity index (χ0v) is 10.1. The Kier molecular flexibility index (Phi) is 3.53. The van der Waals surface area contributed by atoms with Crippen molar-refractivity contribution < 1.29 is 13.2 Å². The van der Waals surface area contributed by atoms with E-state index in [4.69, 9.17) is 0 Å². The van der Waals surface area contributed by atoms with Gasteiger partial charge in [0.15, 0.2) is 0 Å². The maximum absolute atomic E-state index is 12.2. The summed E-state index contributed by atoms with van der Waals surface area (Å²) in [5, 5.41) is 3.16. The highest BCUT2D eigenvalue weighted by atomic mass is 32.1. The smallest absolute Gasteiger partial charge is 0.360 e. The van der Waals surface area contributed by atoms with Crippen LogP contribution in [0.15, 0.2) is 0 Å². The van der Waals surface area contributed by atoms with E-state index >= 15 is 0 Å². The van der Waals surface area contributed by atoms with Gasteiger partial charge in [-0.1, -0.05) is 0 Å². The Hall–Kier alpha value is -0.890. The summed E-state index contributed by atoms with van der Waals surface area (Å²) in [6, 6.07) is 0. The maximum atomic E-state index is 12.2. The number of alkyl halides is 3. The molecule has 1 aromatic rings. The third-order valence-electron chi connectivity index (χ3n) is 2.71. The molecular formula is C9H13F3N4S. The zero-order chi connectivity index (χ0) is 12.5. The number of nitrogens with zero attached hydrogens (tertiary/aromatic N) is 3. The molecule has 0 bridgehead atoms. The number of hydrogen-bond donors (Lipinski definition) is 1. The molecule has 17 heavy (non-hydrogen) atoms. The second-order valence-corrected chi connectivity index (χ2v) is 4.97. The highest BCUT2D eigenvalue weighted by Crippen LogP contribution is 2.29. The van der Waals surface area contributed by atoms with Crippen molar-refractivity contribution >= 4 is 16.7 Å². The second kappa shape index (κ2) is 4.77. The van der Waals surface area contributed by atoms with Crippen LogP contribution in [-0.4, -0.2) is 40.9 Å². The lowest BCUT2D eigenvalue weighted by molar-refractivity contribution is -0.144. The second-order valence-electron chi connectivity index (χ2n) is 4.22. The molecule has 0 saturated carbocycles. The maximum Gasteiger partial charge on any atom is 0.452 e. The molecule has 0 radical (unpaired) electrons. The normalized spacial score (nSPS) is 22.0. The summed E-state index contributed by atoms with van der Waals surface area (Å²) < 4.78 is 40.0. The lowest BCUT2D eigenvalue weighted by atomic mass is 10.1. The van der Waals surface area contributed by atoms with E-state index < -0.39 is 12.0 Å². The fourth-order valence-electron chi connectivity index (χ4n) is 1.83. The van der Waals surface area contributed by atoms with Crippen molar-refractivity contribution in [3.8, 4) is 0 Å². The molecule has 0 amide bonds. The summed E-state index contributed by atoms with van der Waals surface area (Å²) in [6.07, 6.45) is -3.39. The van der Waals surface area contributed by atoms with Crippen LogP contribution in [0.5, 0.6) is 0 Å². The third kappa shape index (κ3) is 3.29. The van der Waals surface area contributed by atoms with Crippen LogP contribution in [0.25, 0.3) is 0 Å². The molecule has 0 aromatic carbocycles. The van der Waals surface area contributed by atoms with Crippen molar-refractivity contribution in [3.63, 3.8) is 0 Å². The number of nitrogens with one attached hydrogen (secondary N) is 1. The van der Waals surface area contributed by atoms with Crippen molar-refractivity contribution in [1.82, 2.24) is 14.3 Å². The van der Waals surface area contributed by atoms with E-state index in [9.17, 15) is 13.2 Å². The van der Waals surface area contributed by atoms with Gasteiger partial charge in [-0.3, -0.25) is 0 Å². The average Bonchev–Trinajstić information content (AvgIpc) is 2.82. The highest BCUT2D eigenvalue weighted by Gasteiger charge is 2.36. The van der Waals surface area contributed by atoms with Gasteiger partial charge in [0.05, 0.1) is 0 Å². The third-order valence-corrected chi connectivity index (χ3v) is 3.38. The zero-order valence-electron chi connectivity index (χ0n) is 9.29. The van der Waals surface area contributed by atoms with Gasteiger partial charge >= 0.3 is 6.18 Å². The van der Waals surface area contributed by atoms with Crippen molar-refractivity contribution in [2.45, 2.75) is 12.6 Å². The van der Waals surface area contributed by atoms with E-state index in [-0.39, 0.29) is 5.13 Å². The van der Waals surface area contributed by atoms with Gasteiger partial charge in [-0.15, -0.1) is 0 Å². The van der Waals surface area contributed by atoms with E-state index in [2.05, 4.69) is 19.6 Å². The largest absolute Gasteiger partial charge is 0.452 e. The molecule has 0 aliphatic carbocycles. The van der Waals surface area contributed by atoms with Gasteiger partial charge in [0.1, 0.15) is 0 Å². The molecule has 1 aromatic heterocycles. The summed E-state index contributed by atoms with van der Waals surface area (Å²) in [7, 11) is 2.03. The van der Waals surface area contributed by atoms with Crippen molar-refractivity contribution in [3.05, 3.63) is 5.82 Å². The number of aromatic nitrogens is 2. The minimum Gasteiger partial charge on any atom is -0.360 e. The highest BCUT2D eigenvalue weighted by molar-refractivity contribution is 7.09. The molecule has 1 aliphatic rings. The Balaban J connectivity index is 1.85. The summed E-state index contributed by atoms with van der Waals surface area (Å²) >= 11 is 0.755. The molecule has 1 N–H and O–H groups in total. The first-order valence-electron chi connectivity index (χ1n) is 5.28. The van der Waals surface area contributed by atoms with Gasteiger partial charge in [0.2, 0.25) is 11.0 Å². The van der Waals surface area contributed by atoms with Gasteiger partial charge in [-0.05, 0) is 25.9 Å². The van der Waals surface area contributed by atoms with E-state index in [1.165, 1.54) is 0 Å². The summed E-state index contributed by atoms with van der Waals surface area (Å²) in [5.74, 6) is -0.591. The van der Waals surface area contributed by atoms with Gasteiger partial charge < -0.3 is 10.2 Å². The van der Waals surface area contributed by atoms with Crippen molar-refractivity contribution in [2.24, 2.45) is 5.92 Å². The summed E-state index contributed by atoms with van der Waals surface area (Å²) in [4.78, 5) is 5.62. The molecular weight excluding hydrogens is 253 g/mol. The Morgan fingerprint density at radius 1 is 1.53 bits per heavy atom. The topological polar surface area (TPSA) is 41.0 Å². The van der Waals surface area contributed by atoms with Crippen molar-refractivity contribution in [2.75, 3.05) is 32.0 Å². The summed E-state index contributed by atoms with van der Waals surface area (Å²) in [5.41, 5.74) is 0. The number of rotatable bonds is 3. The molecule has 0 spiro atoms. The van der Waals surface area contributed by atoms with Crippen LogP contribution in [-0.2, 0) is 6.18 Å². The molecule has 96 valence electrons. The average molecular weight is 266 g/mol. The van der Waals surface area contributed by atoms with Crippen LogP contribution in [0, 0.1) is 5.92 Å². The molecule has 1 aliphatic heterocycles. The molecule has 4 nitrogen and oxygen atoms in total. The SMILES string of the molecule is CN1CCC(CNc2nc(C(F)(F)F)ns2)C1. The minimum absolute atomic E-state index is 0.242. The number of anilines is 1. The van der Waals surface area contributed by atoms with E-state index in [0.717, 1.165) is 31.0 Å². The molecule has 1 unspecified atom stereocenters. The number of halogens is 3. The fraction of sp³-hybridized carbons (Fsp3) is 0.778. The van der Waals surface area contributed by atoms with E-state index in [1.54, 1.807) is 0 Å². The van der Waals surface area contributed by atoms with Crippen LogP contribution in [0.3, 0.4) is 0 Å². The van der Waals surface area contributed by atoms with Gasteiger partial charge in [-0.2, -0.15) is 22.5 Å². The van der Waals surface area contributed by atoms with Crippen LogP contribution in [0.2, 0.25) is 0 Å². The standard InChI is InChI=1S/C9H13F3N4S/c1-16-3-2-6(5-16)4-13-8-14-7(15-17-8)9(10,11)12/h6H,2-5H2,1H3,(H,13,14,15). The van der Waals surface area contributed by atoms with E-state index in [0.29, 0.717) is 12.5 Å². The van der Waals surface area contributed by atoms with Gasteiger partial charge in [0.25, 0.3) is 0 Å². The molecule has 2 rings (SSSR count). The monoisotopic (exact) mass is 266 g/mol. The predicted molar refractivity (Wildman–Crippen MR) is 59.0 cm³/mol. The molecule has 1 fully saturated rings. The first-order valence-corrected chi connectivity index (χ1v) is 6.06. The minimum atomic E-state index is -4.45. The Morgan fingerprint density at radius 2 is 2.29 bits per heavy atom. The number of hydrogen-bond acceptors (Lipinski definition) is 5. The molecule has 8 heteroatoms. The lowest BCUT2D eigenvalue weighted by Crippen LogP contribution is -2.19. The van der Waals surface area contributed by atoms with Crippen molar-refractivity contribution in [1.29, 1.82) is 0 Å².